The van der Waals surface area contributed by atoms with Gasteiger partial charge < -0.3 is 24.8 Å². The molecule has 3 heteroatoms. The van der Waals surface area contributed by atoms with E-state index in [1.165, 1.54) is 70.2 Å². The number of fused-ring (bicyclic) bond motifs is 3. The number of benzene rings is 4. The van der Waals surface area contributed by atoms with E-state index in [9.17, 15) is 0 Å². The van der Waals surface area contributed by atoms with Gasteiger partial charge in [0.1, 0.15) is 0 Å². The summed E-state index contributed by atoms with van der Waals surface area (Å²) >= 11 is 1.68. The normalized spacial score (nSPS) is 14.3. The molecule has 0 radical (unpaired) electrons. The zero-order valence-electron chi connectivity index (χ0n) is 26.4. The van der Waals surface area contributed by atoms with Crippen LogP contribution in [0.3, 0.4) is 0 Å². The molecule has 0 N–H and O–H groups in total. The minimum absolute atomic E-state index is 0. The van der Waals surface area contributed by atoms with E-state index < -0.39 is 0 Å². The van der Waals surface area contributed by atoms with Gasteiger partial charge in [-0.05, 0) is 28.5 Å². The summed E-state index contributed by atoms with van der Waals surface area (Å²) < 4.78 is 1.79. The first kappa shape index (κ1) is 36.2. The van der Waals surface area contributed by atoms with Gasteiger partial charge in [-0.25, -0.2) is 12.2 Å². The molecule has 0 aliphatic heterocycles. The molecular formula is C41H42Cl2Zr-2. The van der Waals surface area contributed by atoms with Crippen molar-refractivity contribution in [3.05, 3.63) is 155 Å². The van der Waals surface area contributed by atoms with E-state index in [2.05, 4.69) is 137 Å². The van der Waals surface area contributed by atoms with Crippen molar-refractivity contribution in [1.82, 2.24) is 0 Å². The molecule has 0 unspecified atom stereocenters. The predicted molar refractivity (Wildman–Crippen MR) is 176 cm³/mol. The second-order valence-electron chi connectivity index (χ2n) is 12.6. The molecule has 0 atom stereocenters. The van der Waals surface area contributed by atoms with Crippen molar-refractivity contribution in [3.63, 3.8) is 0 Å². The fourth-order valence-electron chi connectivity index (χ4n) is 6.02. The average Bonchev–Trinajstić information content (AvgIpc) is 3.81. The van der Waals surface area contributed by atoms with Crippen molar-refractivity contribution in [2.24, 2.45) is 0 Å². The third-order valence-electron chi connectivity index (χ3n) is 9.02. The van der Waals surface area contributed by atoms with Crippen LogP contribution in [-0.2, 0) is 41.5 Å². The van der Waals surface area contributed by atoms with Crippen LogP contribution in [0.2, 0.25) is 0 Å². The molecule has 0 saturated heterocycles. The summed E-state index contributed by atoms with van der Waals surface area (Å²) in [5.41, 5.74) is 10.7. The predicted octanol–water partition coefficient (Wildman–Crippen LogP) is 4.30. The molecule has 0 bridgehead atoms. The molecule has 0 heterocycles. The fraction of sp³-hybridized carbons (Fsp3) is 0.293. The van der Waals surface area contributed by atoms with Crippen molar-refractivity contribution in [2.45, 2.75) is 77.0 Å². The topological polar surface area (TPSA) is 0 Å². The van der Waals surface area contributed by atoms with E-state index in [0.717, 1.165) is 12.8 Å². The molecule has 4 aromatic carbocycles. The first-order valence-corrected chi connectivity index (χ1v) is 16.6. The molecule has 0 nitrogen and oxygen atoms in total. The van der Waals surface area contributed by atoms with Gasteiger partial charge in [-0.2, -0.15) is 29.8 Å². The molecular weight excluding hydrogens is 655 g/mol. The number of halogens is 2. The van der Waals surface area contributed by atoms with Gasteiger partial charge in [0.25, 0.3) is 0 Å². The fourth-order valence-corrected chi connectivity index (χ4v) is 6.89. The summed E-state index contributed by atoms with van der Waals surface area (Å²) in [6.07, 6.45) is 16.8. The van der Waals surface area contributed by atoms with E-state index >= 15 is 0 Å². The maximum absolute atomic E-state index is 3.63. The molecule has 1 fully saturated rings. The third kappa shape index (κ3) is 8.48. The van der Waals surface area contributed by atoms with Gasteiger partial charge in [-0.3, -0.25) is 6.08 Å². The van der Waals surface area contributed by atoms with E-state index in [-0.39, 0.29) is 35.6 Å². The monoisotopic (exact) mass is 694 g/mol. The van der Waals surface area contributed by atoms with Gasteiger partial charge in [0.05, 0.1) is 0 Å². The Hall–Kier alpha value is -2.31. The quantitative estimate of drug-likeness (QED) is 0.246. The van der Waals surface area contributed by atoms with Gasteiger partial charge in [0.15, 0.2) is 0 Å². The summed E-state index contributed by atoms with van der Waals surface area (Å²) in [6.45, 7) is 9.26. The van der Waals surface area contributed by atoms with Gasteiger partial charge in [0.2, 0.25) is 0 Å². The van der Waals surface area contributed by atoms with Crippen molar-refractivity contribution in [3.8, 4) is 11.1 Å². The van der Waals surface area contributed by atoms with Crippen molar-refractivity contribution >= 4 is 3.21 Å². The van der Waals surface area contributed by atoms with Crippen LogP contribution in [0.4, 0.5) is 0 Å². The van der Waals surface area contributed by atoms with E-state index in [4.69, 9.17) is 0 Å². The Morgan fingerprint density at radius 1 is 0.659 bits per heavy atom. The third-order valence-corrected chi connectivity index (χ3v) is 10.3. The molecule has 0 amide bonds. The molecule has 3 aliphatic carbocycles. The molecule has 44 heavy (non-hydrogen) atoms. The van der Waals surface area contributed by atoms with Gasteiger partial charge in [-0.15, -0.1) is 17.5 Å². The number of rotatable bonds is 4. The second-order valence-corrected chi connectivity index (χ2v) is 14.4. The molecule has 7 rings (SSSR count). The van der Waals surface area contributed by atoms with Crippen LogP contribution in [0.1, 0.15) is 93.2 Å². The van der Waals surface area contributed by atoms with Crippen molar-refractivity contribution in [2.75, 3.05) is 0 Å². The molecule has 0 spiro atoms. The second kappa shape index (κ2) is 16.3. The van der Waals surface area contributed by atoms with Crippen LogP contribution in [-0.4, -0.2) is 3.21 Å². The summed E-state index contributed by atoms with van der Waals surface area (Å²) in [6, 6.07) is 36.9. The first-order valence-electron chi connectivity index (χ1n) is 15.3. The number of allylic oxidation sites excluding steroid dienone is 4. The van der Waals surface area contributed by atoms with Crippen LogP contribution in [0.15, 0.2) is 109 Å². The Balaban J connectivity index is 0.000000343. The van der Waals surface area contributed by atoms with Gasteiger partial charge in [0, 0.05) is 5.41 Å². The Kier molecular flexibility index (Phi) is 13.4. The number of hydrogen-bond donors (Lipinski definition) is 0. The van der Waals surface area contributed by atoms with E-state index in [1.807, 2.05) is 12.2 Å². The molecule has 3 aliphatic rings. The molecule has 226 valence electrons. The van der Waals surface area contributed by atoms with Crippen molar-refractivity contribution in [1.29, 1.82) is 0 Å². The van der Waals surface area contributed by atoms with E-state index in [0.29, 0.717) is 0 Å². The average molecular weight is 697 g/mol. The van der Waals surface area contributed by atoms with Gasteiger partial charge >= 0.3 is 53.1 Å². The SMILES string of the molecule is CC(C)(c1ccccc1)c1c[c-]c2c(c1)-c1cc(C(C)(C)c3ccccc3)ccc1C2.[C-]1=CC=CC1.[Cl-].[Cl-].[Zr+2]=[C]1CCCC1. The Morgan fingerprint density at radius 2 is 1.23 bits per heavy atom. The maximum atomic E-state index is 3.63. The summed E-state index contributed by atoms with van der Waals surface area (Å²) in [5, 5.41) is 0. The van der Waals surface area contributed by atoms with Crippen molar-refractivity contribution < 1.29 is 49.0 Å². The standard InChI is InChI=1S/C31H29.C5H8.C5H5.2ClH.Zr/c1-30(2,24-11-7-5-8-12-24)26-17-15-22-19-23-16-18-27(21-29(23)28(22)20-26)31(3,4)25-13-9-6-10-14-25;2*1-2-4-5-3-1;;;/h5-15,17-18,20-21H,19H2,1-4H3;1-4H2;1-3H,4H2;2*1H;/q-1;;-1;;;+2/p-2. The molecule has 0 aromatic heterocycles. The molecule has 1 saturated carbocycles. The minimum atomic E-state index is -0.0591. The Labute approximate surface area is 293 Å². The summed E-state index contributed by atoms with van der Waals surface area (Å²) in [5.74, 6) is 0. The van der Waals surface area contributed by atoms with Crippen LogP contribution in [0.5, 0.6) is 0 Å². The number of hydrogen-bond acceptors (Lipinski definition) is 0. The van der Waals surface area contributed by atoms with Crippen LogP contribution in [0.25, 0.3) is 11.1 Å². The zero-order valence-corrected chi connectivity index (χ0v) is 30.4. The zero-order chi connectivity index (χ0) is 29.6. The Bertz CT molecular complexity index is 1460. The van der Waals surface area contributed by atoms with Crippen LogP contribution in [0, 0.1) is 12.1 Å². The van der Waals surface area contributed by atoms with Crippen LogP contribution >= 0.6 is 0 Å². The van der Waals surface area contributed by atoms with E-state index in [1.54, 1.807) is 27.4 Å². The Morgan fingerprint density at radius 3 is 1.70 bits per heavy atom. The summed E-state index contributed by atoms with van der Waals surface area (Å²) in [4.78, 5) is 0. The first-order chi connectivity index (χ1) is 20.3. The summed E-state index contributed by atoms with van der Waals surface area (Å²) in [7, 11) is 0. The molecule has 4 aromatic rings. The van der Waals surface area contributed by atoms with Gasteiger partial charge in [-0.1, -0.05) is 118 Å². The van der Waals surface area contributed by atoms with Crippen LogP contribution < -0.4 is 24.8 Å².